The number of carbonyl (C=O) groups excluding carboxylic acids is 1. The zero-order valence-corrected chi connectivity index (χ0v) is 36.7. The van der Waals surface area contributed by atoms with E-state index in [1.807, 2.05) is 61.7 Å². The van der Waals surface area contributed by atoms with Crippen molar-refractivity contribution in [1.29, 1.82) is 0 Å². The molecule has 0 fully saturated rings. The van der Waals surface area contributed by atoms with Crippen LogP contribution in [-0.2, 0) is 24.9 Å². The Balaban J connectivity index is 0.000000312. The van der Waals surface area contributed by atoms with E-state index in [4.69, 9.17) is 5.10 Å². The molecule has 51 heavy (non-hydrogen) atoms. The Bertz CT molecular complexity index is 2180. The largest absolute Gasteiger partial charge is 0.512 e. The summed E-state index contributed by atoms with van der Waals surface area (Å²) in [5, 5.41) is 23.2. The van der Waals surface area contributed by atoms with Crippen molar-refractivity contribution in [2.45, 2.75) is 108 Å². The van der Waals surface area contributed by atoms with Crippen LogP contribution in [0.2, 0.25) is 0 Å². The zero-order chi connectivity index (χ0) is 36.4. The molecule has 0 saturated heterocycles. The smallest absolute Gasteiger partial charge is 0.162 e. The molecule has 0 aliphatic carbocycles. The molecule has 0 atom stereocenters. The minimum absolute atomic E-state index is 0. The molecule has 0 spiro atoms. The summed E-state index contributed by atoms with van der Waals surface area (Å²) >= 11 is 5.61. The van der Waals surface area contributed by atoms with Gasteiger partial charge in [0.25, 0.3) is 0 Å². The Morgan fingerprint density at radius 1 is 0.824 bits per heavy atom. The van der Waals surface area contributed by atoms with Crippen LogP contribution in [0.25, 0.3) is 51.3 Å². The summed E-state index contributed by atoms with van der Waals surface area (Å²) in [6.45, 7) is 23.6. The first-order chi connectivity index (χ1) is 23.8. The molecule has 0 aliphatic rings. The van der Waals surface area contributed by atoms with Crippen molar-refractivity contribution >= 4 is 69.4 Å². The molecule has 6 aromatic rings. The number of rotatable bonds is 10. The van der Waals surface area contributed by atoms with E-state index < -0.39 is 0 Å². The first-order valence-electron chi connectivity index (χ1n) is 18.0. The summed E-state index contributed by atoms with van der Waals surface area (Å²) < 4.78 is 3.85. The summed E-state index contributed by atoms with van der Waals surface area (Å²) in [6.07, 6.45) is 4.91. The first kappa shape index (κ1) is 41.0. The third-order valence-electron chi connectivity index (χ3n) is 10.2. The van der Waals surface area contributed by atoms with Gasteiger partial charge in [-0.1, -0.05) is 76.8 Å². The molecule has 0 amide bonds. The van der Waals surface area contributed by atoms with Gasteiger partial charge in [-0.2, -0.15) is 10.2 Å². The summed E-state index contributed by atoms with van der Waals surface area (Å²) in [4.78, 5) is 14.4. The average molecular weight is 916 g/mol. The number of hydrogen-bond donors (Lipinski definition) is 1. The summed E-state index contributed by atoms with van der Waals surface area (Å²) in [6, 6.07) is 14.9. The van der Waals surface area contributed by atoms with Gasteiger partial charge in [0.2, 0.25) is 0 Å². The van der Waals surface area contributed by atoms with Gasteiger partial charge in [0.1, 0.15) is 0 Å². The van der Waals surface area contributed by atoms with E-state index >= 15 is 0 Å². The van der Waals surface area contributed by atoms with E-state index in [1.165, 1.54) is 73.2 Å². The number of carbonyl (C=O) groups is 1. The number of benzene rings is 2. The van der Waals surface area contributed by atoms with Crippen LogP contribution in [0, 0.1) is 52.5 Å². The molecule has 0 bridgehead atoms. The van der Waals surface area contributed by atoms with Crippen LogP contribution >= 0.6 is 34.0 Å². The van der Waals surface area contributed by atoms with Gasteiger partial charge in [-0.3, -0.25) is 4.79 Å². The van der Waals surface area contributed by atoms with Crippen LogP contribution in [0.5, 0.6) is 0 Å². The van der Waals surface area contributed by atoms with Crippen LogP contribution in [0.4, 0.5) is 0 Å². The van der Waals surface area contributed by atoms with Gasteiger partial charge in [-0.15, -0.1) is 57.3 Å². The number of nitrogens with zero attached hydrogens (tertiary/aromatic N) is 2. The second kappa shape index (κ2) is 17.4. The zero-order valence-electron chi connectivity index (χ0n) is 31.8. The average Bonchev–Trinajstić information content (AvgIpc) is 3.72. The number of hydrogen-bond acceptors (Lipinski definition) is 7. The van der Waals surface area contributed by atoms with E-state index in [0.29, 0.717) is 5.92 Å². The van der Waals surface area contributed by atoms with Gasteiger partial charge < -0.3 is 5.11 Å². The van der Waals surface area contributed by atoms with Crippen molar-refractivity contribution in [3.63, 3.8) is 0 Å². The topological polar surface area (TPSA) is 63.1 Å². The molecule has 4 aromatic heterocycles. The molecule has 0 unspecified atom stereocenters. The van der Waals surface area contributed by atoms with Gasteiger partial charge >= 0.3 is 0 Å². The first-order valence-corrected chi connectivity index (χ1v) is 20.5. The Morgan fingerprint density at radius 3 is 2.04 bits per heavy atom. The summed E-state index contributed by atoms with van der Waals surface area (Å²) in [5.41, 5.74) is 9.60. The van der Waals surface area contributed by atoms with E-state index in [9.17, 15) is 9.90 Å². The minimum atomic E-state index is 0. The molecule has 1 N–H and O–H groups in total. The van der Waals surface area contributed by atoms with Crippen LogP contribution in [0.1, 0.15) is 106 Å². The van der Waals surface area contributed by atoms with Crippen molar-refractivity contribution in [2.75, 3.05) is 0 Å². The van der Waals surface area contributed by atoms with E-state index in [1.54, 1.807) is 0 Å². The number of aliphatic hydroxyl groups is 1. The fourth-order valence-corrected chi connectivity index (χ4v) is 10.9. The van der Waals surface area contributed by atoms with Gasteiger partial charge in [-0.05, 0) is 93.0 Å². The van der Waals surface area contributed by atoms with Crippen molar-refractivity contribution < 1.29 is 30.0 Å². The van der Waals surface area contributed by atoms with Crippen LogP contribution in [0.15, 0.2) is 42.2 Å². The van der Waals surface area contributed by atoms with Crippen molar-refractivity contribution in [3.8, 4) is 21.7 Å². The standard InChI is InChI=1S/C30H27N2S3.C13H24O2.Ir/c1-14(2)22-12-21(13-23-26(22)25-16(4)19(7)33-30(25)34-23)27-29-24(18(6)31-32-27)17(5)28(35-29)20-10-8-15(3)9-11-20;1-5-10(6-2)12(14)9-13(15)11(7-3)8-4;/h8-12,14H,1-7H3;9-11,14H,5-8H2,1-4H3;/q-1;;/b;12-9-;. The summed E-state index contributed by atoms with van der Waals surface area (Å²) in [7, 11) is 0. The molecule has 273 valence electrons. The quantitative estimate of drug-likeness (QED) is 0.0845. The van der Waals surface area contributed by atoms with E-state index in [2.05, 4.69) is 90.0 Å². The Labute approximate surface area is 329 Å². The van der Waals surface area contributed by atoms with Gasteiger partial charge in [0.15, 0.2) is 5.78 Å². The van der Waals surface area contributed by atoms with Gasteiger partial charge in [0, 0.05) is 63.6 Å². The number of thiophene rings is 3. The molecular weight excluding hydrogens is 865 g/mol. The van der Waals surface area contributed by atoms with Gasteiger partial charge in [0.05, 0.1) is 15.5 Å². The predicted octanol–water partition coefficient (Wildman–Crippen LogP) is 13.8. The molecule has 0 aliphatic heterocycles. The summed E-state index contributed by atoms with van der Waals surface area (Å²) in [5.74, 6) is 0.955. The molecule has 4 heterocycles. The Morgan fingerprint density at radius 2 is 1.45 bits per heavy atom. The monoisotopic (exact) mass is 916 g/mol. The maximum absolute atomic E-state index is 11.7. The molecule has 8 heteroatoms. The molecule has 2 aromatic carbocycles. The van der Waals surface area contributed by atoms with Crippen LogP contribution in [0.3, 0.4) is 0 Å². The number of fused-ring (bicyclic) bond motifs is 4. The molecule has 6 rings (SSSR count). The van der Waals surface area contributed by atoms with E-state index in [0.717, 1.165) is 42.6 Å². The Kier molecular flexibility index (Phi) is 14.0. The fraction of sp³-hybridized carbons (Fsp3) is 0.419. The Hall–Kier alpha value is -2.74. The number of ketones is 1. The number of aryl methyl sites for hydroxylation is 5. The molecular formula is C43H51IrN2O2S3-. The third kappa shape index (κ3) is 8.26. The van der Waals surface area contributed by atoms with Crippen molar-refractivity contribution in [2.24, 2.45) is 11.8 Å². The van der Waals surface area contributed by atoms with E-state index in [-0.39, 0.29) is 43.5 Å². The number of aromatic nitrogens is 2. The number of allylic oxidation sites excluding steroid dienone is 2. The fourth-order valence-electron chi connectivity index (χ4n) is 6.82. The van der Waals surface area contributed by atoms with Crippen LogP contribution < -0.4 is 0 Å². The maximum Gasteiger partial charge on any atom is 0.162 e. The number of aliphatic hydroxyl groups excluding tert-OH is 1. The second-order valence-electron chi connectivity index (χ2n) is 13.8. The van der Waals surface area contributed by atoms with Crippen molar-refractivity contribution in [1.82, 2.24) is 10.2 Å². The SMILES string of the molecule is CCC(CC)C(=O)/C=C(\O)C(CC)CC.Cc1ccc(-c2sc3c(-c4[c-]c5sc6sc(C)c(C)c6c5c(C(C)C)c4)nnc(C)c3c2C)cc1.[Ir]. The second-order valence-corrected chi connectivity index (χ2v) is 17.3. The normalized spacial score (nSPS) is 12.0. The third-order valence-corrected chi connectivity index (χ3v) is 13.9. The molecule has 4 nitrogen and oxygen atoms in total. The maximum atomic E-state index is 11.7. The molecule has 1 radical (unpaired) electrons. The minimum Gasteiger partial charge on any atom is -0.512 e. The van der Waals surface area contributed by atoms with Gasteiger partial charge in [-0.25, -0.2) is 0 Å². The molecule has 0 saturated carbocycles. The van der Waals surface area contributed by atoms with Crippen LogP contribution in [-0.4, -0.2) is 21.1 Å². The van der Waals surface area contributed by atoms with Crippen molar-refractivity contribution in [3.05, 3.63) is 81.1 Å². The predicted molar refractivity (Wildman–Crippen MR) is 220 cm³/mol.